The number of aliphatic hydroxyl groups is 1. The largest absolute Gasteiger partial charge is 0.396 e. The molecule has 0 aromatic carbocycles. The molecule has 0 unspecified atom stereocenters. The van der Waals surface area contributed by atoms with Gasteiger partial charge in [-0.3, -0.25) is 0 Å². The van der Waals surface area contributed by atoms with Crippen LogP contribution in [0.5, 0.6) is 0 Å². The molecule has 0 aliphatic heterocycles. The first kappa shape index (κ1) is 14.8. The zero-order valence-electron chi connectivity index (χ0n) is 9.27. The molecule has 0 saturated heterocycles. The van der Waals surface area contributed by atoms with E-state index < -0.39 is 10.2 Å². The van der Waals surface area contributed by atoms with E-state index in [0.717, 1.165) is 0 Å². The van der Waals surface area contributed by atoms with E-state index in [1.54, 1.807) is 0 Å². The van der Waals surface area contributed by atoms with E-state index >= 15 is 0 Å². The molecule has 0 fully saturated rings. The second-order valence-electron chi connectivity index (χ2n) is 2.99. The summed E-state index contributed by atoms with van der Waals surface area (Å²) in [4.78, 5) is 0. The number of hydrogen-bond donors (Lipinski definition) is 2. The lowest BCUT2D eigenvalue weighted by Crippen LogP contribution is -2.40. The van der Waals surface area contributed by atoms with Crippen LogP contribution in [0.25, 0.3) is 0 Å². The number of nitrogens with one attached hydrogen (secondary N) is 1. The van der Waals surface area contributed by atoms with Gasteiger partial charge in [-0.1, -0.05) is 0 Å². The van der Waals surface area contributed by atoms with Crippen LogP contribution in [0.3, 0.4) is 0 Å². The molecule has 0 rings (SSSR count). The summed E-state index contributed by atoms with van der Waals surface area (Å²) in [6.07, 6.45) is 0.433. The zero-order valence-corrected chi connectivity index (χ0v) is 10.1. The smallest absolute Gasteiger partial charge is 0.279 e. The summed E-state index contributed by atoms with van der Waals surface area (Å²) in [6, 6.07) is 0. The summed E-state index contributed by atoms with van der Waals surface area (Å²) in [5, 5.41) is 8.57. The van der Waals surface area contributed by atoms with Crippen molar-refractivity contribution in [2.45, 2.75) is 13.3 Å². The van der Waals surface area contributed by atoms with Gasteiger partial charge in [0.1, 0.15) is 0 Å². The number of hydrogen-bond acceptors (Lipinski definition) is 4. The Morgan fingerprint density at radius 1 is 1.47 bits per heavy atom. The lowest BCUT2D eigenvalue weighted by atomic mass is 10.5. The first-order chi connectivity index (χ1) is 7.04. The van der Waals surface area contributed by atoms with Gasteiger partial charge in [0.15, 0.2) is 0 Å². The molecule has 0 aliphatic rings. The molecule has 0 bridgehead atoms. The lowest BCUT2D eigenvalue weighted by molar-refractivity contribution is 0.152. The Labute approximate surface area is 91.4 Å². The fourth-order valence-electron chi connectivity index (χ4n) is 0.911. The van der Waals surface area contributed by atoms with Crippen LogP contribution in [0.15, 0.2) is 0 Å². The Bertz CT molecular complexity index is 243. The van der Waals surface area contributed by atoms with Crippen LogP contribution in [0.2, 0.25) is 0 Å². The van der Waals surface area contributed by atoms with Crippen LogP contribution >= 0.6 is 0 Å². The molecular weight excluding hydrogens is 220 g/mol. The average molecular weight is 240 g/mol. The average Bonchev–Trinajstić information content (AvgIpc) is 2.21. The highest BCUT2D eigenvalue weighted by atomic mass is 32.2. The maximum Gasteiger partial charge on any atom is 0.279 e. The van der Waals surface area contributed by atoms with Crippen molar-refractivity contribution in [3.63, 3.8) is 0 Å². The third kappa shape index (κ3) is 6.80. The normalized spacial score (nSPS) is 12.3. The van der Waals surface area contributed by atoms with Crippen molar-refractivity contribution in [3.8, 4) is 0 Å². The monoisotopic (exact) mass is 240 g/mol. The molecule has 6 nitrogen and oxygen atoms in total. The molecule has 0 aromatic heterocycles. The SMILES string of the molecule is CCOCCNS(=O)(=O)N(C)CCCO. The van der Waals surface area contributed by atoms with Crippen molar-refractivity contribution in [1.82, 2.24) is 9.03 Å². The van der Waals surface area contributed by atoms with Gasteiger partial charge in [0, 0.05) is 33.4 Å². The zero-order chi connectivity index (χ0) is 11.7. The van der Waals surface area contributed by atoms with Gasteiger partial charge in [-0.05, 0) is 13.3 Å². The first-order valence-corrected chi connectivity index (χ1v) is 6.38. The van der Waals surface area contributed by atoms with Crippen LogP contribution in [0.1, 0.15) is 13.3 Å². The van der Waals surface area contributed by atoms with Crippen LogP contribution in [-0.4, -0.2) is 57.8 Å². The lowest BCUT2D eigenvalue weighted by Gasteiger charge is -2.16. The number of ether oxygens (including phenoxy) is 1. The first-order valence-electron chi connectivity index (χ1n) is 4.94. The van der Waals surface area contributed by atoms with Gasteiger partial charge in [-0.25, -0.2) is 0 Å². The number of rotatable bonds is 9. The minimum Gasteiger partial charge on any atom is -0.396 e. The van der Waals surface area contributed by atoms with Gasteiger partial charge in [-0.2, -0.15) is 17.4 Å². The fraction of sp³-hybridized carbons (Fsp3) is 1.00. The summed E-state index contributed by atoms with van der Waals surface area (Å²) in [7, 11) is -1.95. The van der Waals surface area contributed by atoms with Crippen molar-refractivity contribution in [1.29, 1.82) is 0 Å². The van der Waals surface area contributed by atoms with Gasteiger partial charge >= 0.3 is 0 Å². The fourth-order valence-corrected chi connectivity index (χ4v) is 1.84. The topological polar surface area (TPSA) is 78.9 Å². The Kier molecular flexibility index (Phi) is 7.89. The van der Waals surface area contributed by atoms with Crippen LogP contribution in [0.4, 0.5) is 0 Å². The van der Waals surface area contributed by atoms with Crippen LogP contribution in [0, 0.1) is 0 Å². The Balaban J connectivity index is 3.84. The number of nitrogens with zero attached hydrogens (tertiary/aromatic N) is 1. The third-order valence-electron chi connectivity index (χ3n) is 1.78. The minimum absolute atomic E-state index is 0.0151. The van der Waals surface area contributed by atoms with E-state index in [4.69, 9.17) is 9.84 Å². The Hall–Kier alpha value is -0.210. The van der Waals surface area contributed by atoms with E-state index in [1.165, 1.54) is 11.4 Å². The van der Waals surface area contributed by atoms with E-state index in [9.17, 15) is 8.42 Å². The molecule has 0 aromatic rings. The maximum absolute atomic E-state index is 11.5. The maximum atomic E-state index is 11.5. The molecular formula is C8H20N2O4S. The second-order valence-corrected chi connectivity index (χ2v) is 4.86. The molecule has 0 spiro atoms. The predicted octanol–water partition coefficient (Wildman–Crippen LogP) is -0.828. The van der Waals surface area contributed by atoms with E-state index in [2.05, 4.69) is 4.72 Å². The standard InChI is InChI=1S/C8H20N2O4S/c1-3-14-8-5-9-15(12,13)10(2)6-4-7-11/h9,11H,3-8H2,1-2H3. The molecule has 0 aliphatic carbocycles. The molecule has 15 heavy (non-hydrogen) atoms. The summed E-state index contributed by atoms with van der Waals surface area (Å²) >= 11 is 0. The highest BCUT2D eigenvalue weighted by molar-refractivity contribution is 7.87. The van der Waals surface area contributed by atoms with Crippen molar-refractivity contribution in [2.75, 3.05) is 40.0 Å². The van der Waals surface area contributed by atoms with Gasteiger partial charge < -0.3 is 9.84 Å². The number of aliphatic hydroxyl groups excluding tert-OH is 1. The molecule has 0 saturated carbocycles. The summed E-state index contributed by atoms with van der Waals surface area (Å²) in [5.74, 6) is 0. The van der Waals surface area contributed by atoms with Crippen molar-refractivity contribution in [3.05, 3.63) is 0 Å². The summed E-state index contributed by atoms with van der Waals surface area (Å²) in [5.41, 5.74) is 0. The molecule has 0 radical (unpaired) electrons. The second kappa shape index (κ2) is 8.00. The van der Waals surface area contributed by atoms with Gasteiger partial charge in [0.05, 0.1) is 6.61 Å². The Morgan fingerprint density at radius 2 is 2.13 bits per heavy atom. The van der Waals surface area contributed by atoms with E-state index in [-0.39, 0.29) is 13.2 Å². The van der Waals surface area contributed by atoms with Gasteiger partial charge in [0.2, 0.25) is 0 Å². The van der Waals surface area contributed by atoms with Crippen LogP contribution in [-0.2, 0) is 14.9 Å². The highest BCUT2D eigenvalue weighted by Gasteiger charge is 2.15. The summed E-state index contributed by atoms with van der Waals surface area (Å²) in [6.45, 7) is 3.34. The quantitative estimate of drug-likeness (QED) is 0.516. The Morgan fingerprint density at radius 3 is 2.67 bits per heavy atom. The molecule has 92 valence electrons. The van der Waals surface area contributed by atoms with E-state index in [0.29, 0.717) is 26.2 Å². The van der Waals surface area contributed by atoms with Crippen molar-refractivity contribution in [2.24, 2.45) is 0 Å². The summed E-state index contributed by atoms with van der Waals surface area (Å²) < 4.78 is 31.5. The van der Waals surface area contributed by atoms with Crippen molar-refractivity contribution >= 4 is 10.2 Å². The predicted molar refractivity (Wildman–Crippen MR) is 57.7 cm³/mol. The van der Waals surface area contributed by atoms with E-state index in [1.807, 2.05) is 6.92 Å². The van der Waals surface area contributed by atoms with Crippen LogP contribution < -0.4 is 4.72 Å². The molecule has 0 atom stereocenters. The molecule has 0 amide bonds. The highest BCUT2D eigenvalue weighted by Crippen LogP contribution is 1.94. The molecule has 0 heterocycles. The minimum atomic E-state index is -3.42. The van der Waals surface area contributed by atoms with Gasteiger partial charge in [0.25, 0.3) is 10.2 Å². The van der Waals surface area contributed by atoms with Crippen molar-refractivity contribution < 1.29 is 18.3 Å². The molecule has 7 heteroatoms. The van der Waals surface area contributed by atoms with Gasteiger partial charge in [-0.15, -0.1) is 0 Å². The molecule has 2 N–H and O–H groups in total. The third-order valence-corrected chi connectivity index (χ3v) is 3.35.